The number of aliphatic carboxylic acids is 1. The quantitative estimate of drug-likeness (QED) is 0.535. The molecule has 0 saturated heterocycles. The molecule has 1 aliphatic carbocycles. The van der Waals surface area contributed by atoms with Crippen LogP contribution >= 0.6 is 0 Å². The number of nitrogens with two attached hydrogens (primary N) is 1. The minimum absolute atomic E-state index is 0.0207. The lowest BCUT2D eigenvalue weighted by Gasteiger charge is -2.46. The summed E-state index contributed by atoms with van der Waals surface area (Å²) in [5.41, 5.74) is 5.45. The molecule has 2 aliphatic rings. The molecular formula is C23H30N2O5. The molecule has 0 radical (unpaired) electrons. The summed E-state index contributed by atoms with van der Waals surface area (Å²) in [7, 11) is 0. The van der Waals surface area contributed by atoms with Crippen LogP contribution in [0.15, 0.2) is 42.6 Å². The van der Waals surface area contributed by atoms with Crippen molar-refractivity contribution in [3.05, 3.63) is 48.2 Å². The summed E-state index contributed by atoms with van der Waals surface area (Å²) in [6, 6.07) is 5.59. The van der Waals surface area contributed by atoms with Gasteiger partial charge >= 0.3 is 5.97 Å². The minimum atomic E-state index is -0.959. The Labute approximate surface area is 176 Å². The van der Waals surface area contributed by atoms with Gasteiger partial charge in [0, 0.05) is 12.1 Å². The van der Waals surface area contributed by atoms with Crippen molar-refractivity contribution in [3.8, 4) is 11.5 Å². The van der Waals surface area contributed by atoms with Gasteiger partial charge in [-0.15, -0.1) is 0 Å². The van der Waals surface area contributed by atoms with E-state index in [4.69, 9.17) is 20.3 Å². The van der Waals surface area contributed by atoms with Crippen LogP contribution in [0.2, 0.25) is 0 Å². The summed E-state index contributed by atoms with van der Waals surface area (Å²) >= 11 is 0. The first-order valence-electron chi connectivity index (χ1n) is 10.1. The number of hydrogen-bond donors (Lipinski definition) is 3. The van der Waals surface area contributed by atoms with Gasteiger partial charge in [-0.1, -0.05) is 32.6 Å². The number of ether oxygens (including phenoxy) is 2. The molecule has 162 valence electrons. The second kappa shape index (κ2) is 7.70. The highest BCUT2D eigenvalue weighted by Crippen LogP contribution is 2.51. The molecule has 30 heavy (non-hydrogen) atoms. The zero-order valence-electron chi connectivity index (χ0n) is 17.8. The number of allylic oxidation sites excluding steroid dienone is 2. The van der Waals surface area contributed by atoms with Gasteiger partial charge < -0.3 is 25.6 Å². The van der Waals surface area contributed by atoms with Crippen molar-refractivity contribution in [2.75, 3.05) is 6.79 Å². The molecule has 4 N–H and O–H groups in total. The molecule has 1 atom stereocenters. The molecule has 0 spiro atoms. The highest BCUT2D eigenvalue weighted by Gasteiger charge is 2.55. The van der Waals surface area contributed by atoms with Crippen LogP contribution in [0.1, 0.15) is 52.0 Å². The van der Waals surface area contributed by atoms with Crippen LogP contribution in [0, 0.1) is 5.41 Å². The van der Waals surface area contributed by atoms with E-state index in [1.54, 1.807) is 12.2 Å². The van der Waals surface area contributed by atoms with E-state index in [0.29, 0.717) is 23.6 Å². The van der Waals surface area contributed by atoms with Crippen LogP contribution < -0.4 is 20.5 Å². The number of fused-ring (bicyclic) bond motifs is 1. The molecule has 1 aromatic rings. The van der Waals surface area contributed by atoms with Crippen molar-refractivity contribution in [2.45, 2.75) is 57.4 Å². The van der Waals surface area contributed by atoms with Crippen LogP contribution in [0.3, 0.4) is 0 Å². The number of carbonyl (C=O) groups is 2. The van der Waals surface area contributed by atoms with Crippen LogP contribution in [0.25, 0.3) is 0 Å². The van der Waals surface area contributed by atoms with Crippen molar-refractivity contribution in [1.29, 1.82) is 0 Å². The second-order valence-electron chi connectivity index (χ2n) is 8.86. The predicted molar refractivity (Wildman–Crippen MR) is 113 cm³/mol. The van der Waals surface area contributed by atoms with Crippen molar-refractivity contribution in [1.82, 2.24) is 5.32 Å². The molecule has 0 aromatic heterocycles. The van der Waals surface area contributed by atoms with Crippen molar-refractivity contribution >= 4 is 11.9 Å². The number of carboxylic acid groups (broad SMARTS) is 1. The topological polar surface area (TPSA) is 111 Å². The lowest BCUT2D eigenvalue weighted by molar-refractivity contribution is -0.137. The van der Waals surface area contributed by atoms with E-state index >= 15 is 0 Å². The fourth-order valence-electron chi connectivity index (χ4n) is 3.91. The third-order valence-electron chi connectivity index (χ3n) is 6.67. The first-order chi connectivity index (χ1) is 14.1. The molecule has 1 amide bonds. The van der Waals surface area contributed by atoms with Crippen molar-refractivity contribution in [3.63, 3.8) is 0 Å². The minimum Gasteiger partial charge on any atom is -0.481 e. The van der Waals surface area contributed by atoms with Crippen LogP contribution in [-0.2, 0) is 15.0 Å². The molecule has 1 saturated carbocycles. The second-order valence-corrected chi connectivity index (χ2v) is 8.86. The average Bonchev–Trinajstić information content (AvgIpc) is 3.37. The molecule has 1 heterocycles. The Morgan fingerprint density at radius 3 is 2.53 bits per heavy atom. The molecule has 1 fully saturated rings. The fraction of sp³-hybridized carbons (Fsp3) is 0.478. The predicted octanol–water partition coefficient (Wildman–Crippen LogP) is 3.24. The summed E-state index contributed by atoms with van der Waals surface area (Å²) in [4.78, 5) is 24.7. The first kappa shape index (κ1) is 21.7. The molecule has 1 aliphatic heterocycles. The Balaban J connectivity index is 1.90. The highest BCUT2D eigenvalue weighted by atomic mass is 16.7. The van der Waals surface area contributed by atoms with E-state index in [9.17, 15) is 9.59 Å². The zero-order chi connectivity index (χ0) is 22.2. The monoisotopic (exact) mass is 414 g/mol. The third kappa shape index (κ3) is 3.76. The van der Waals surface area contributed by atoms with Gasteiger partial charge in [-0.3, -0.25) is 9.59 Å². The van der Waals surface area contributed by atoms with Gasteiger partial charge in [0.2, 0.25) is 12.7 Å². The SMILES string of the molecule is C=C/C=C(/N)C(C)(NC(=O)C1(c2ccc3c(c2)OCO3)CC1)C(C)(C)CCC(=O)O. The van der Waals surface area contributed by atoms with E-state index < -0.39 is 22.3 Å². The maximum Gasteiger partial charge on any atom is 0.303 e. The third-order valence-corrected chi connectivity index (χ3v) is 6.67. The lowest BCUT2D eigenvalue weighted by Crippen LogP contribution is -2.60. The standard InChI is InChI=1S/C23H30N2O5/c1-5-6-18(24)22(4,21(2,3)10-9-19(26)27)25-20(28)23(11-12-23)15-7-8-16-17(13-15)30-14-29-16/h5-8,13H,1,9-12,14,24H2,2-4H3,(H,25,28)(H,26,27)/b18-6+. The highest BCUT2D eigenvalue weighted by molar-refractivity contribution is 5.92. The fourth-order valence-corrected chi connectivity index (χ4v) is 3.91. The maximum absolute atomic E-state index is 13.5. The van der Waals surface area contributed by atoms with E-state index in [0.717, 1.165) is 18.4 Å². The Kier molecular flexibility index (Phi) is 5.58. The number of rotatable bonds is 9. The Bertz CT molecular complexity index is 901. The van der Waals surface area contributed by atoms with Crippen molar-refractivity contribution in [2.24, 2.45) is 11.1 Å². The largest absolute Gasteiger partial charge is 0.481 e. The van der Waals surface area contributed by atoms with Gasteiger partial charge in [0.05, 0.1) is 11.0 Å². The number of hydrogen-bond acceptors (Lipinski definition) is 5. The molecule has 7 nitrogen and oxygen atoms in total. The van der Waals surface area contributed by atoms with Gasteiger partial charge in [0.15, 0.2) is 11.5 Å². The number of amides is 1. The van der Waals surface area contributed by atoms with Gasteiger partial charge in [-0.2, -0.15) is 0 Å². The van der Waals surface area contributed by atoms with Crippen LogP contribution in [0.5, 0.6) is 11.5 Å². The van der Waals surface area contributed by atoms with Crippen LogP contribution in [-0.4, -0.2) is 29.3 Å². The van der Waals surface area contributed by atoms with E-state index in [1.165, 1.54) is 0 Å². The molecular weight excluding hydrogens is 384 g/mol. The number of nitrogens with one attached hydrogen (secondary N) is 1. The zero-order valence-corrected chi connectivity index (χ0v) is 17.8. The molecule has 7 heteroatoms. The number of benzene rings is 1. The number of carbonyl (C=O) groups excluding carboxylic acids is 1. The lowest BCUT2D eigenvalue weighted by atomic mass is 9.68. The summed E-state index contributed by atoms with van der Waals surface area (Å²) in [6.45, 7) is 9.56. The van der Waals surface area contributed by atoms with E-state index in [-0.39, 0.29) is 19.1 Å². The summed E-state index contributed by atoms with van der Waals surface area (Å²) in [5, 5.41) is 12.3. The Morgan fingerprint density at radius 1 is 1.27 bits per heavy atom. The Hall–Kier alpha value is -2.96. The summed E-state index contributed by atoms with van der Waals surface area (Å²) < 4.78 is 10.8. The smallest absolute Gasteiger partial charge is 0.303 e. The number of carboxylic acids is 1. The molecule has 3 rings (SSSR count). The van der Waals surface area contributed by atoms with E-state index in [1.807, 2.05) is 39.0 Å². The van der Waals surface area contributed by atoms with Gasteiger partial charge in [-0.05, 0) is 55.4 Å². The van der Waals surface area contributed by atoms with Gasteiger partial charge in [-0.25, -0.2) is 0 Å². The summed E-state index contributed by atoms with van der Waals surface area (Å²) in [6.07, 6.45) is 4.99. The van der Waals surface area contributed by atoms with Gasteiger partial charge in [0.1, 0.15) is 0 Å². The molecule has 0 bridgehead atoms. The average molecular weight is 415 g/mol. The summed E-state index contributed by atoms with van der Waals surface area (Å²) in [5.74, 6) is 0.296. The maximum atomic E-state index is 13.5. The van der Waals surface area contributed by atoms with Crippen molar-refractivity contribution < 1.29 is 24.2 Å². The van der Waals surface area contributed by atoms with Crippen LogP contribution in [0.4, 0.5) is 0 Å². The Morgan fingerprint density at radius 2 is 1.93 bits per heavy atom. The van der Waals surface area contributed by atoms with Gasteiger partial charge in [0.25, 0.3) is 0 Å². The van der Waals surface area contributed by atoms with E-state index in [2.05, 4.69) is 11.9 Å². The molecule has 1 aromatic carbocycles. The normalized spacial score (nSPS) is 19.0. The first-order valence-corrected chi connectivity index (χ1v) is 10.1. The molecule has 1 unspecified atom stereocenters.